The predicted octanol–water partition coefficient (Wildman–Crippen LogP) is 7.55. The highest BCUT2D eigenvalue weighted by atomic mass is 16.5. The fourth-order valence-corrected chi connectivity index (χ4v) is 4.49. The summed E-state index contributed by atoms with van der Waals surface area (Å²) in [6.07, 6.45) is 5.76. The van der Waals surface area contributed by atoms with Crippen molar-refractivity contribution in [3.63, 3.8) is 0 Å². The molecule has 1 heterocycles. The number of hydrogen-bond donors (Lipinski definition) is 0. The SMILES string of the molecule is C=C(C)c1c(OC2CCCCC2C)cc(Cc2ccc(C)cc2)nc1OCc1ccccc1. The van der Waals surface area contributed by atoms with E-state index in [1.807, 2.05) is 25.1 Å². The Bertz CT molecular complexity index is 1070. The summed E-state index contributed by atoms with van der Waals surface area (Å²) < 4.78 is 13.0. The predicted molar refractivity (Wildman–Crippen MR) is 136 cm³/mol. The van der Waals surface area contributed by atoms with Crippen molar-refractivity contribution in [3.05, 3.63) is 95.2 Å². The maximum absolute atomic E-state index is 6.67. The number of aromatic nitrogens is 1. The fraction of sp³-hybridized carbons (Fsp3) is 0.367. The van der Waals surface area contributed by atoms with E-state index < -0.39 is 0 Å². The first kappa shape index (κ1) is 23.1. The Morgan fingerprint density at radius 1 is 1.00 bits per heavy atom. The van der Waals surface area contributed by atoms with Crippen molar-refractivity contribution in [3.8, 4) is 11.6 Å². The first-order valence-corrected chi connectivity index (χ1v) is 12.1. The van der Waals surface area contributed by atoms with Gasteiger partial charge < -0.3 is 9.47 Å². The van der Waals surface area contributed by atoms with E-state index in [9.17, 15) is 0 Å². The molecule has 0 N–H and O–H groups in total. The van der Waals surface area contributed by atoms with Crippen molar-refractivity contribution in [2.45, 2.75) is 65.6 Å². The number of benzene rings is 2. The van der Waals surface area contributed by atoms with Gasteiger partial charge in [-0.3, -0.25) is 0 Å². The van der Waals surface area contributed by atoms with Crippen LogP contribution >= 0.6 is 0 Å². The molecule has 4 rings (SSSR count). The molecule has 33 heavy (non-hydrogen) atoms. The monoisotopic (exact) mass is 441 g/mol. The van der Waals surface area contributed by atoms with E-state index in [1.165, 1.54) is 30.4 Å². The van der Waals surface area contributed by atoms with Gasteiger partial charge in [0, 0.05) is 12.5 Å². The number of aryl methyl sites for hydroxylation is 1. The first-order chi connectivity index (χ1) is 16.0. The molecule has 1 aliphatic carbocycles. The highest BCUT2D eigenvalue weighted by molar-refractivity contribution is 5.71. The lowest BCUT2D eigenvalue weighted by Gasteiger charge is -2.30. The van der Waals surface area contributed by atoms with Gasteiger partial charge in [0.2, 0.25) is 5.88 Å². The van der Waals surface area contributed by atoms with E-state index in [0.29, 0.717) is 18.4 Å². The van der Waals surface area contributed by atoms with Crippen LogP contribution in [0, 0.1) is 12.8 Å². The maximum Gasteiger partial charge on any atom is 0.225 e. The second-order valence-electron chi connectivity index (χ2n) is 9.43. The zero-order valence-electron chi connectivity index (χ0n) is 20.1. The lowest BCUT2D eigenvalue weighted by molar-refractivity contribution is 0.101. The van der Waals surface area contributed by atoms with Crippen molar-refractivity contribution in [2.24, 2.45) is 5.92 Å². The molecule has 3 nitrogen and oxygen atoms in total. The Labute approximate surface area is 198 Å². The molecule has 3 aromatic rings. The lowest BCUT2D eigenvalue weighted by atomic mass is 9.88. The number of allylic oxidation sites excluding steroid dienone is 1. The lowest BCUT2D eigenvalue weighted by Crippen LogP contribution is -2.28. The van der Waals surface area contributed by atoms with Gasteiger partial charge in [-0.1, -0.05) is 80.1 Å². The van der Waals surface area contributed by atoms with Crippen LogP contribution in [0.4, 0.5) is 0 Å². The van der Waals surface area contributed by atoms with E-state index >= 15 is 0 Å². The van der Waals surface area contributed by atoms with Crippen molar-refractivity contribution in [1.29, 1.82) is 0 Å². The second kappa shape index (κ2) is 10.7. The van der Waals surface area contributed by atoms with Crippen LogP contribution in [0.3, 0.4) is 0 Å². The van der Waals surface area contributed by atoms with Crippen LogP contribution in [0.5, 0.6) is 11.6 Å². The van der Waals surface area contributed by atoms with E-state index in [0.717, 1.165) is 41.0 Å². The summed E-state index contributed by atoms with van der Waals surface area (Å²) in [6.45, 7) is 11.1. The summed E-state index contributed by atoms with van der Waals surface area (Å²) in [4.78, 5) is 4.94. The maximum atomic E-state index is 6.67. The van der Waals surface area contributed by atoms with Gasteiger partial charge in [0.25, 0.3) is 0 Å². The summed E-state index contributed by atoms with van der Waals surface area (Å²) >= 11 is 0. The van der Waals surface area contributed by atoms with Gasteiger partial charge in [0.1, 0.15) is 18.5 Å². The third-order valence-electron chi connectivity index (χ3n) is 6.47. The average molecular weight is 442 g/mol. The zero-order chi connectivity index (χ0) is 23.2. The van der Waals surface area contributed by atoms with Crippen molar-refractivity contribution in [1.82, 2.24) is 4.98 Å². The van der Waals surface area contributed by atoms with Crippen molar-refractivity contribution in [2.75, 3.05) is 0 Å². The number of hydrogen-bond acceptors (Lipinski definition) is 3. The molecular formula is C30H35NO2. The molecule has 0 bridgehead atoms. The van der Waals surface area contributed by atoms with Crippen molar-refractivity contribution < 1.29 is 9.47 Å². The Kier molecular flexibility index (Phi) is 7.49. The van der Waals surface area contributed by atoms with Crippen LogP contribution in [0.2, 0.25) is 0 Å². The smallest absolute Gasteiger partial charge is 0.225 e. The van der Waals surface area contributed by atoms with Gasteiger partial charge >= 0.3 is 0 Å². The van der Waals surface area contributed by atoms with E-state index in [4.69, 9.17) is 14.5 Å². The molecule has 0 amide bonds. The van der Waals surface area contributed by atoms with E-state index in [1.54, 1.807) is 0 Å². The van der Waals surface area contributed by atoms with Crippen LogP contribution in [-0.4, -0.2) is 11.1 Å². The Hall–Kier alpha value is -3.07. The minimum Gasteiger partial charge on any atom is -0.489 e. The van der Waals surface area contributed by atoms with Gasteiger partial charge in [0.15, 0.2) is 0 Å². The summed E-state index contributed by atoms with van der Waals surface area (Å²) in [5.74, 6) is 2.00. The molecule has 172 valence electrons. The van der Waals surface area contributed by atoms with Crippen LogP contribution < -0.4 is 9.47 Å². The normalized spacial score (nSPS) is 18.0. The van der Waals surface area contributed by atoms with Gasteiger partial charge in [-0.2, -0.15) is 0 Å². The molecule has 1 fully saturated rings. The standard InChI is InChI=1S/C30H35NO2/c1-21(2)29-28(33-27-13-9-8-10-23(27)4)19-26(18-24-16-14-22(3)15-17-24)31-30(29)32-20-25-11-6-5-7-12-25/h5-7,11-12,14-17,19,23,27H,1,8-10,13,18,20H2,2-4H3. The molecule has 1 saturated carbocycles. The molecule has 2 aromatic carbocycles. The largest absolute Gasteiger partial charge is 0.489 e. The molecule has 0 saturated heterocycles. The highest BCUT2D eigenvalue weighted by Gasteiger charge is 2.26. The molecular weight excluding hydrogens is 406 g/mol. The summed E-state index contributed by atoms with van der Waals surface area (Å²) in [5, 5.41) is 0. The van der Waals surface area contributed by atoms with Crippen LogP contribution in [-0.2, 0) is 13.0 Å². The number of ether oxygens (including phenoxy) is 2. The first-order valence-electron chi connectivity index (χ1n) is 12.1. The van der Waals surface area contributed by atoms with Crippen LogP contribution in [0.15, 0.2) is 67.2 Å². The molecule has 1 aliphatic rings. The molecule has 2 unspecified atom stereocenters. The molecule has 0 spiro atoms. The third kappa shape index (κ3) is 6.04. The van der Waals surface area contributed by atoms with E-state index in [2.05, 4.69) is 62.9 Å². The number of rotatable bonds is 8. The topological polar surface area (TPSA) is 31.4 Å². The summed E-state index contributed by atoms with van der Waals surface area (Å²) in [5.41, 5.74) is 6.33. The van der Waals surface area contributed by atoms with Crippen LogP contribution in [0.25, 0.3) is 5.57 Å². The Morgan fingerprint density at radius 3 is 2.42 bits per heavy atom. The molecule has 1 aromatic heterocycles. The minimum atomic E-state index is 0.216. The molecule has 0 radical (unpaired) electrons. The van der Waals surface area contributed by atoms with Gasteiger partial charge in [0.05, 0.1) is 11.3 Å². The summed E-state index contributed by atoms with van der Waals surface area (Å²) in [6, 6.07) is 20.9. The van der Waals surface area contributed by atoms with Crippen molar-refractivity contribution >= 4 is 5.57 Å². The highest BCUT2D eigenvalue weighted by Crippen LogP contribution is 2.37. The zero-order valence-corrected chi connectivity index (χ0v) is 20.1. The van der Waals surface area contributed by atoms with Gasteiger partial charge in [-0.25, -0.2) is 4.98 Å². The second-order valence-corrected chi connectivity index (χ2v) is 9.43. The molecule has 2 atom stereocenters. The summed E-state index contributed by atoms with van der Waals surface area (Å²) in [7, 11) is 0. The average Bonchev–Trinajstić information content (AvgIpc) is 2.81. The van der Waals surface area contributed by atoms with Gasteiger partial charge in [-0.15, -0.1) is 0 Å². The van der Waals surface area contributed by atoms with E-state index in [-0.39, 0.29) is 6.10 Å². The Balaban J connectivity index is 1.69. The van der Waals surface area contributed by atoms with Crippen LogP contribution in [0.1, 0.15) is 67.5 Å². The molecule has 0 aliphatic heterocycles. The third-order valence-corrected chi connectivity index (χ3v) is 6.47. The minimum absolute atomic E-state index is 0.216. The number of pyridine rings is 1. The molecule has 3 heteroatoms. The number of nitrogens with zero attached hydrogens (tertiary/aromatic N) is 1. The Morgan fingerprint density at radius 2 is 1.73 bits per heavy atom. The quantitative estimate of drug-likeness (QED) is 0.362. The van der Waals surface area contributed by atoms with Gasteiger partial charge in [-0.05, 0) is 55.7 Å². The fourth-order valence-electron chi connectivity index (χ4n) is 4.49.